The highest BCUT2D eigenvalue weighted by Crippen LogP contribution is 2.14. The molecular weight excluding hydrogens is 152 g/mol. The van der Waals surface area contributed by atoms with Crippen molar-refractivity contribution < 1.29 is 4.52 Å². The Morgan fingerprint density at radius 3 is 3.00 bits per heavy atom. The third-order valence-corrected chi connectivity index (χ3v) is 1.09. The first kappa shape index (κ1) is 7.15. The average Bonchev–Trinajstić information content (AvgIpc) is 2.15. The van der Waals surface area contributed by atoms with E-state index in [1.165, 1.54) is 6.26 Å². The van der Waals surface area contributed by atoms with E-state index in [9.17, 15) is 0 Å². The predicted molar refractivity (Wildman–Crippen MR) is 40.4 cm³/mol. The van der Waals surface area contributed by atoms with Crippen LogP contribution in [0.1, 0.15) is 12.5 Å². The summed E-state index contributed by atoms with van der Waals surface area (Å²) in [6, 6.07) is 0. The van der Waals surface area contributed by atoms with Crippen LogP contribution in [0, 0.1) is 0 Å². The Morgan fingerprint density at radius 1 is 1.90 bits per heavy atom. The van der Waals surface area contributed by atoms with Gasteiger partial charge in [-0.05, 0) is 13.0 Å². The smallest absolute Gasteiger partial charge is 0.174 e. The van der Waals surface area contributed by atoms with Crippen LogP contribution in [0.15, 0.2) is 15.8 Å². The largest absolute Gasteiger partial charge is 0.380 e. The molecule has 0 radical (unpaired) electrons. The molecular formula is C6H7ClN2O. The van der Waals surface area contributed by atoms with Gasteiger partial charge >= 0.3 is 0 Å². The molecule has 0 atom stereocenters. The van der Waals surface area contributed by atoms with Crippen LogP contribution in [0.3, 0.4) is 0 Å². The Balaban J connectivity index is 2.95. The molecule has 0 amide bonds. The Bertz CT molecular complexity index is 250. The van der Waals surface area contributed by atoms with Gasteiger partial charge in [0.1, 0.15) is 6.26 Å². The molecule has 0 fully saturated rings. The summed E-state index contributed by atoms with van der Waals surface area (Å²) in [5.41, 5.74) is 6.10. The van der Waals surface area contributed by atoms with Crippen molar-refractivity contribution >= 4 is 23.5 Å². The second kappa shape index (κ2) is 2.75. The minimum absolute atomic E-state index is 0.361. The molecule has 0 aromatic carbocycles. The van der Waals surface area contributed by atoms with Gasteiger partial charge in [0, 0.05) is 5.03 Å². The number of nitrogens with two attached hydrogens (primary N) is 1. The SMILES string of the molecule is C/C(Cl)=C\c1conc1N. The van der Waals surface area contributed by atoms with Gasteiger partial charge in [0.15, 0.2) is 5.82 Å². The highest BCUT2D eigenvalue weighted by Gasteiger charge is 1.98. The number of allylic oxidation sites excluding steroid dienone is 1. The molecule has 1 aromatic heterocycles. The lowest BCUT2D eigenvalue weighted by Gasteiger charge is -1.85. The normalized spacial score (nSPS) is 12.0. The van der Waals surface area contributed by atoms with Crippen molar-refractivity contribution in [3.63, 3.8) is 0 Å². The fraction of sp³-hybridized carbons (Fsp3) is 0.167. The second-order valence-corrected chi connectivity index (χ2v) is 2.48. The van der Waals surface area contributed by atoms with E-state index in [4.69, 9.17) is 17.3 Å². The average molecular weight is 159 g/mol. The number of rotatable bonds is 1. The zero-order valence-electron chi connectivity index (χ0n) is 5.47. The monoisotopic (exact) mass is 158 g/mol. The number of nitrogen functional groups attached to an aromatic ring is 1. The molecule has 54 valence electrons. The lowest BCUT2D eigenvalue weighted by molar-refractivity contribution is 0.423. The summed E-state index contributed by atoms with van der Waals surface area (Å²) in [6.45, 7) is 1.76. The van der Waals surface area contributed by atoms with E-state index in [1.807, 2.05) is 0 Å². The van der Waals surface area contributed by atoms with Crippen LogP contribution in [-0.2, 0) is 0 Å². The van der Waals surface area contributed by atoms with E-state index in [2.05, 4.69) is 9.68 Å². The Labute approximate surface area is 63.4 Å². The van der Waals surface area contributed by atoms with Crippen LogP contribution >= 0.6 is 11.6 Å². The van der Waals surface area contributed by atoms with Crippen LogP contribution in [0.25, 0.3) is 6.08 Å². The highest BCUT2D eigenvalue weighted by molar-refractivity contribution is 6.31. The van der Waals surface area contributed by atoms with Crippen LogP contribution in [0.4, 0.5) is 5.82 Å². The van der Waals surface area contributed by atoms with Crippen molar-refractivity contribution in [1.82, 2.24) is 5.16 Å². The predicted octanol–water partition coefficient (Wildman–Crippen LogP) is 1.86. The zero-order valence-corrected chi connectivity index (χ0v) is 6.22. The van der Waals surface area contributed by atoms with Crippen molar-refractivity contribution in [2.24, 2.45) is 0 Å². The molecule has 10 heavy (non-hydrogen) atoms. The number of aromatic nitrogens is 1. The third kappa shape index (κ3) is 1.51. The summed E-state index contributed by atoms with van der Waals surface area (Å²) >= 11 is 5.58. The van der Waals surface area contributed by atoms with E-state index >= 15 is 0 Å². The Morgan fingerprint density at radius 2 is 2.60 bits per heavy atom. The summed E-state index contributed by atoms with van der Waals surface area (Å²) in [5, 5.41) is 4.12. The number of hydrogen-bond donors (Lipinski definition) is 1. The molecule has 2 N–H and O–H groups in total. The fourth-order valence-electron chi connectivity index (χ4n) is 0.575. The molecule has 0 bridgehead atoms. The topological polar surface area (TPSA) is 52.0 Å². The first-order valence-electron chi connectivity index (χ1n) is 2.74. The molecule has 4 heteroatoms. The van der Waals surface area contributed by atoms with E-state index in [-0.39, 0.29) is 0 Å². The molecule has 0 unspecified atom stereocenters. The highest BCUT2D eigenvalue weighted by atomic mass is 35.5. The van der Waals surface area contributed by atoms with Gasteiger partial charge in [-0.3, -0.25) is 0 Å². The van der Waals surface area contributed by atoms with Gasteiger partial charge in [0.05, 0.1) is 5.56 Å². The molecule has 3 nitrogen and oxygen atoms in total. The molecule has 1 rings (SSSR count). The fourth-order valence-corrected chi connectivity index (χ4v) is 0.693. The quantitative estimate of drug-likeness (QED) is 0.679. The lowest BCUT2D eigenvalue weighted by atomic mass is 10.3. The number of halogens is 1. The standard InChI is InChI=1S/C6H7ClN2O/c1-4(7)2-5-3-10-9-6(5)8/h2-3H,1H3,(H2,8,9)/b4-2+. The van der Waals surface area contributed by atoms with Gasteiger partial charge in [0.25, 0.3) is 0 Å². The summed E-state index contributed by atoms with van der Waals surface area (Å²) in [5.74, 6) is 0.361. The van der Waals surface area contributed by atoms with Gasteiger partial charge in [-0.25, -0.2) is 0 Å². The Kier molecular flexibility index (Phi) is 1.97. The maximum Gasteiger partial charge on any atom is 0.174 e. The van der Waals surface area contributed by atoms with Gasteiger partial charge in [-0.15, -0.1) is 0 Å². The molecule has 0 aliphatic heterocycles. The minimum Gasteiger partial charge on any atom is -0.380 e. The van der Waals surface area contributed by atoms with E-state index in [0.717, 1.165) is 0 Å². The maximum absolute atomic E-state index is 5.58. The van der Waals surface area contributed by atoms with Gasteiger partial charge in [0.2, 0.25) is 0 Å². The molecule has 0 saturated heterocycles. The Hall–Kier alpha value is -0.960. The van der Waals surface area contributed by atoms with E-state index < -0.39 is 0 Å². The second-order valence-electron chi connectivity index (χ2n) is 1.89. The first-order valence-corrected chi connectivity index (χ1v) is 3.11. The molecule has 1 heterocycles. The van der Waals surface area contributed by atoms with Crippen LogP contribution in [-0.4, -0.2) is 5.16 Å². The molecule has 0 spiro atoms. The summed E-state index contributed by atoms with van der Waals surface area (Å²) in [4.78, 5) is 0. The van der Waals surface area contributed by atoms with Gasteiger partial charge < -0.3 is 10.3 Å². The zero-order chi connectivity index (χ0) is 7.56. The van der Waals surface area contributed by atoms with E-state index in [0.29, 0.717) is 16.4 Å². The summed E-state index contributed by atoms with van der Waals surface area (Å²) < 4.78 is 4.57. The molecule has 0 aliphatic carbocycles. The first-order chi connectivity index (χ1) is 4.70. The third-order valence-electron chi connectivity index (χ3n) is 0.981. The summed E-state index contributed by atoms with van der Waals surface area (Å²) in [6.07, 6.45) is 3.13. The lowest BCUT2D eigenvalue weighted by Crippen LogP contribution is -1.85. The molecule has 0 saturated carbocycles. The van der Waals surface area contributed by atoms with Gasteiger partial charge in [-0.2, -0.15) is 0 Å². The van der Waals surface area contributed by atoms with E-state index in [1.54, 1.807) is 13.0 Å². The van der Waals surface area contributed by atoms with Crippen LogP contribution < -0.4 is 5.73 Å². The van der Waals surface area contributed by atoms with Crippen LogP contribution in [0.2, 0.25) is 0 Å². The van der Waals surface area contributed by atoms with Crippen molar-refractivity contribution in [1.29, 1.82) is 0 Å². The molecule has 1 aromatic rings. The minimum atomic E-state index is 0.361. The number of hydrogen-bond acceptors (Lipinski definition) is 3. The van der Waals surface area contributed by atoms with Crippen molar-refractivity contribution in [2.45, 2.75) is 6.92 Å². The summed E-state index contributed by atoms with van der Waals surface area (Å²) in [7, 11) is 0. The van der Waals surface area contributed by atoms with Crippen molar-refractivity contribution in [3.8, 4) is 0 Å². The van der Waals surface area contributed by atoms with Gasteiger partial charge in [-0.1, -0.05) is 16.8 Å². The number of anilines is 1. The van der Waals surface area contributed by atoms with Crippen molar-refractivity contribution in [3.05, 3.63) is 16.9 Å². The number of nitrogens with zero attached hydrogens (tertiary/aromatic N) is 1. The molecule has 0 aliphatic rings. The van der Waals surface area contributed by atoms with Crippen LogP contribution in [0.5, 0.6) is 0 Å². The van der Waals surface area contributed by atoms with Crippen molar-refractivity contribution in [2.75, 3.05) is 5.73 Å². The maximum atomic E-state index is 5.58.